The number of piperazine rings is 1. The van der Waals surface area contributed by atoms with Crippen LogP contribution in [-0.4, -0.2) is 66.4 Å². The standard InChI is InChI=1S/C20H34N2O3/c1-15(2)17(23)19-5-7-20(8-6-19,25-14-19)13-21-9-11-22(12-10-21)18(24)16(3)4/h15-16H,5-14H2,1-4H3. The summed E-state index contributed by atoms with van der Waals surface area (Å²) in [5.74, 6) is 0.834. The second-order valence-electron chi connectivity index (χ2n) is 9.03. The zero-order chi connectivity index (χ0) is 18.2. The molecule has 142 valence electrons. The zero-order valence-corrected chi connectivity index (χ0v) is 16.3. The number of hydrogen-bond donors (Lipinski definition) is 0. The van der Waals surface area contributed by atoms with Gasteiger partial charge in [0.2, 0.25) is 5.91 Å². The number of carbonyl (C=O) groups is 2. The molecule has 5 heteroatoms. The highest BCUT2D eigenvalue weighted by Crippen LogP contribution is 2.50. The van der Waals surface area contributed by atoms with Gasteiger partial charge in [-0.15, -0.1) is 0 Å². The van der Waals surface area contributed by atoms with E-state index in [1.165, 1.54) is 0 Å². The van der Waals surface area contributed by atoms with Gasteiger partial charge in [-0.3, -0.25) is 14.5 Å². The summed E-state index contributed by atoms with van der Waals surface area (Å²) in [7, 11) is 0. The molecule has 4 rings (SSSR count). The molecule has 3 saturated heterocycles. The van der Waals surface area contributed by atoms with Gasteiger partial charge < -0.3 is 9.64 Å². The van der Waals surface area contributed by atoms with Crippen LogP contribution in [0.3, 0.4) is 0 Å². The van der Waals surface area contributed by atoms with Crippen molar-refractivity contribution in [2.75, 3.05) is 39.3 Å². The third-order valence-corrected chi connectivity index (χ3v) is 6.51. The molecule has 1 saturated carbocycles. The first-order valence-electron chi connectivity index (χ1n) is 9.96. The van der Waals surface area contributed by atoms with Crippen molar-refractivity contribution in [3.8, 4) is 0 Å². The summed E-state index contributed by atoms with van der Waals surface area (Å²) in [5.41, 5.74) is -0.276. The van der Waals surface area contributed by atoms with Crippen LogP contribution in [0.25, 0.3) is 0 Å². The van der Waals surface area contributed by atoms with Crippen molar-refractivity contribution in [3.05, 3.63) is 0 Å². The molecular formula is C20H34N2O3. The van der Waals surface area contributed by atoms with Gasteiger partial charge in [0, 0.05) is 44.6 Å². The molecular weight excluding hydrogens is 316 g/mol. The van der Waals surface area contributed by atoms with E-state index in [2.05, 4.69) is 4.90 Å². The van der Waals surface area contributed by atoms with Gasteiger partial charge >= 0.3 is 0 Å². The minimum absolute atomic E-state index is 0.0662. The first-order chi connectivity index (χ1) is 11.8. The summed E-state index contributed by atoms with van der Waals surface area (Å²) < 4.78 is 6.31. The van der Waals surface area contributed by atoms with Gasteiger partial charge in [-0.2, -0.15) is 0 Å². The molecule has 0 aromatic rings. The van der Waals surface area contributed by atoms with Crippen molar-refractivity contribution in [2.24, 2.45) is 17.3 Å². The molecule has 4 fully saturated rings. The summed E-state index contributed by atoms with van der Waals surface area (Å²) in [5, 5.41) is 0. The Kier molecular flexibility index (Phi) is 5.27. The Hall–Kier alpha value is -0.940. The minimum atomic E-state index is -0.210. The monoisotopic (exact) mass is 350 g/mol. The highest BCUT2D eigenvalue weighted by Gasteiger charge is 2.54. The summed E-state index contributed by atoms with van der Waals surface area (Å²) in [6, 6.07) is 0. The van der Waals surface area contributed by atoms with Gasteiger partial charge in [-0.05, 0) is 25.7 Å². The summed E-state index contributed by atoms with van der Waals surface area (Å²) in [6.07, 6.45) is 3.96. The van der Waals surface area contributed by atoms with Crippen LogP contribution in [0.1, 0.15) is 53.4 Å². The van der Waals surface area contributed by atoms with Crippen molar-refractivity contribution in [3.63, 3.8) is 0 Å². The van der Waals surface area contributed by atoms with Gasteiger partial charge in [-0.1, -0.05) is 27.7 Å². The van der Waals surface area contributed by atoms with E-state index in [4.69, 9.17) is 4.74 Å². The first kappa shape index (κ1) is 18.8. The molecule has 25 heavy (non-hydrogen) atoms. The molecule has 1 amide bonds. The SMILES string of the molecule is CC(C)C(=O)N1CCN(CC23CCC(C(=O)C(C)C)(CC2)CO3)CC1. The van der Waals surface area contributed by atoms with E-state index in [1.807, 2.05) is 32.6 Å². The van der Waals surface area contributed by atoms with E-state index in [0.717, 1.165) is 58.4 Å². The number of amides is 1. The lowest BCUT2D eigenvalue weighted by Crippen LogP contribution is -2.61. The largest absolute Gasteiger partial charge is 0.373 e. The summed E-state index contributed by atoms with van der Waals surface area (Å²) >= 11 is 0. The van der Waals surface area contributed by atoms with Crippen LogP contribution in [0, 0.1) is 17.3 Å². The van der Waals surface area contributed by atoms with Gasteiger partial charge in [0.15, 0.2) is 0 Å². The average Bonchev–Trinajstić information content (AvgIpc) is 2.62. The molecule has 0 atom stereocenters. The van der Waals surface area contributed by atoms with E-state index in [0.29, 0.717) is 12.4 Å². The molecule has 3 heterocycles. The maximum absolute atomic E-state index is 12.6. The van der Waals surface area contributed by atoms with Crippen LogP contribution in [0.5, 0.6) is 0 Å². The number of nitrogens with zero attached hydrogens (tertiary/aromatic N) is 2. The fraction of sp³-hybridized carbons (Fsp3) is 0.900. The number of fused-ring (bicyclic) bond motifs is 3. The molecule has 0 radical (unpaired) electrons. The third-order valence-electron chi connectivity index (χ3n) is 6.51. The quantitative estimate of drug-likeness (QED) is 0.764. The Labute approximate surface area is 152 Å². The molecule has 0 N–H and O–H groups in total. The van der Waals surface area contributed by atoms with Gasteiger partial charge in [-0.25, -0.2) is 0 Å². The number of ketones is 1. The summed E-state index contributed by atoms with van der Waals surface area (Å²) in [6.45, 7) is 13.0. The highest BCUT2D eigenvalue weighted by molar-refractivity contribution is 5.87. The Morgan fingerprint density at radius 3 is 1.96 bits per heavy atom. The van der Waals surface area contributed by atoms with Gasteiger partial charge in [0.1, 0.15) is 5.78 Å². The number of ether oxygens (including phenoxy) is 1. The molecule has 4 aliphatic rings. The second-order valence-corrected chi connectivity index (χ2v) is 9.03. The lowest BCUT2D eigenvalue weighted by molar-refractivity contribution is -0.197. The fourth-order valence-corrected chi connectivity index (χ4v) is 4.80. The number of carbonyl (C=O) groups excluding carboxylic acids is 2. The van der Waals surface area contributed by atoms with Crippen molar-refractivity contribution < 1.29 is 14.3 Å². The van der Waals surface area contributed by atoms with Gasteiger partial charge in [0.05, 0.1) is 17.6 Å². The Balaban J connectivity index is 1.53. The molecule has 0 aromatic carbocycles. The predicted octanol–water partition coefficient (Wildman–Crippen LogP) is 2.34. The van der Waals surface area contributed by atoms with Gasteiger partial charge in [0.25, 0.3) is 0 Å². The van der Waals surface area contributed by atoms with Crippen LogP contribution in [0.2, 0.25) is 0 Å². The topological polar surface area (TPSA) is 49.9 Å². The molecule has 3 aliphatic heterocycles. The second kappa shape index (κ2) is 6.99. The highest BCUT2D eigenvalue weighted by atomic mass is 16.5. The third kappa shape index (κ3) is 3.63. The van der Waals surface area contributed by atoms with E-state index >= 15 is 0 Å². The van der Waals surface area contributed by atoms with Crippen LogP contribution in [-0.2, 0) is 14.3 Å². The van der Waals surface area contributed by atoms with Crippen molar-refractivity contribution in [1.82, 2.24) is 9.80 Å². The smallest absolute Gasteiger partial charge is 0.225 e. The Morgan fingerprint density at radius 1 is 0.920 bits per heavy atom. The fourth-order valence-electron chi connectivity index (χ4n) is 4.80. The molecule has 0 spiro atoms. The lowest BCUT2D eigenvalue weighted by Gasteiger charge is -2.54. The average molecular weight is 351 g/mol. The summed E-state index contributed by atoms with van der Waals surface area (Å²) in [4.78, 5) is 29.2. The minimum Gasteiger partial charge on any atom is -0.373 e. The normalized spacial score (nSPS) is 33.3. The number of rotatable bonds is 5. The zero-order valence-electron chi connectivity index (χ0n) is 16.3. The van der Waals surface area contributed by atoms with E-state index in [9.17, 15) is 9.59 Å². The Bertz CT molecular complexity index is 497. The predicted molar refractivity (Wildman–Crippen MR) is 97.3 cm³/mol. The first-order valence-corrected chi connectivity index (χ1v) is 9.96. The number of hydrogen-bond acceptors (Lipinski definition) is 4. The maximum atomic E-state index is 12.6. The molecule has 1 aliphatic carbocycles. The van der Waals surface area contributed by atoms with E-state index < -0.39 is 0 Å². The van der Waals surface area contributed by atoms with Crippen molar-refractivity contribution in [1.29, 1.82) is 0 Å². The maximum Gasteiger partial charge on any atom is 0.225 e. The lowest BCUT2D eigenvalue weighted by atomic mass is 9.62. The Morgan fingerprint density at radius 2 is 1.52 bits per heavy atom. The van der Waals surface area contributed by atoms with E-state index in [-0.39, 0.29) is 28.8 Å². The van der Waals surface area contributed by atoms with Crippen LogP contribution in [0.15, 0.2) is 0 Å². The van der Waals surface area contributed by atoms with E-state index in [1.54, 1.807) is 0 Å². The molecule has 2 bridgehead atoms. The van der Waals surface area contributed by atoms with Crippen LogP contribution < -0.4 is 0 Å². The van der Waals surface area contributed by atoms with Crippen LogP contribution in [0.4, 0.5) is 0 Å². The van der Waals surface area contributed by atoms with Crippen molar-refractivity contribution >= 4 is 11.7 Å². The van der Waals surface area contributed by atoms with Crippen LogP contribution >= 0.6 is 0 Å². The molecule has 0 unspecified atom stereocenters. The number of Topliss-reactive ketones (excluding diaryl/α,β-unsaturated/α-hetero) is 1. The molecule has 0 aromatic heterocycles. The van der Waals surface area contributed by atoms with Crippen molar-refractivity contribution in [2.45, 2.75) is 59.0 Å². The molecule has 5 nitrogen and oxygen atoms in total.